The van der Waals surface area contributed by atoms with Crippen LogP contribution in [0.3, 0.4) is 0 Å². The molecule has 1 saturated heterocycles. The zero-order valence-corrected chi connectivity index (χ0v) is 10.3. The third-order valence-electron chi connectivity index (χ3n) is 3.46. The topological polar surface area (TPSA) is 66.6 Å². The first-order valence-electron chi connectivity index (χ1n) is 6.03. The fourth-order valence-electron chi connectivity index (χ4n) is 2.46. The normalized spacial score (nSPS) is 23.4. The highest BCUT2D eigenvalue weighted by Gasteiger charge is 2.34. The van der Waals surface area contributed by atoms with Gasteiger partial charge in [0.1, 0.15) is 17.1 Å². The fraction of sp³-hybridized carbons (Fsp3) is 0.462. The van der Waals surface area contributed by atoms with Crippen molar-refractivity contribution in [2.75, 3.05) is 13.1 Å². The van der Waals surface area contributed by atoms with Crippen LogP contribution in [0, 0.1) is 11.7 Å². The van der Waals surface area contributed by atoms with E-state index in [-0.39, 0.29) is 23.3 Å². The first kappa shape index (κ1) is 12.8. The maximum absolute atomic E-state index is 13.6. The molecule has 2 unspecified atom stereocenters. The lowest BCUT2D eigenvalue weighted by molar-refractivity contribution is 0.0735. The molecular weight excluding hydrogens is 235 g/mol. The second-order valence-electron chi connectivity index (χ2n) is 4.78. The van der Waals surface area contributed by atoms with Crippen molar-refractivity contribution in [2.45, 2.75) is 19.4 Å². The minimum atomic E-state index is -0.691. The molecule has 98 valence electrons. The van der Waals surface area contributed by atoms with Crippen LogP contribution in [0.4, 0.5) is 4.39 Å². The second-order valence-corrected chi connectivity index (χ2v) is 4.78. The number of hydrogen-bond acceptors (Lipinski definition) is 3. The Labute approximate surface area is 105 Å². The molecule has 1 aromatic rings. The Bertz CT molecular complexity index is 444. The summed E-state index contributed by atoms with van der Waals surface area (Å²) in [5.41, 5.74) is 5.35. The number of halogens is 1. The van der Waals surface area contributed by atoms with E-state index in [2.05, 4.69) is 0 Å². The number of hydrogen-bond donors (Lipinski definition) is 2. The van der Waals surface area contributed by atoms with Gasteiger partial charge >= 0.3 is 0 Å². The molecule has 2 rings (SSSR count). The predicted octanol–water partition coefficient (Wildman–Crippen LogP) is 1.34. The van der Waals surface area contributed by atoms with E-state index >= 15 is 0 Å². The van der Waals surface area contributed by atoms with Gasteiger partial charge in [-0.1, -0.05) is 6.07 Å². The van der Waals surface area contributed by atoms with E-state index in [0.717, 1.165) is 6.42 Å². The number of benzene rings is 1. The summed E-state index contributed by atoms with van der Waals surface area (Å²) in [6.45, 7) is 2.94. The highest BCUT2D eigenvalue weighted by atomic mass is 19.1. The smallest absolute Gasteiger partial charge is 0.260 e. The number of carbonyl (C=O) groups is 1. The van der Waals surface area contributed by atoms with Crippen molar-refractivity contribution in [3.05, 3.63) is 29.6 Å². The van der Waals surface area contributed by atoms with Crippen molar-refractivity contribution < 1.29 is 14.3 Å². The highest BCUT2D eigenvalue weighted by molar-refractivity contribution is 5.97. The van der Waals surface area contributed by atoms with E-state index in [1.165, 1.54) is 18.2 Å². The summed E-state index contributed by atoms with van der Waals surface area (Å²) in [7, 11) is 0. The Hall–Kier alpha value is -1.62. The molecule has 0 spiro atoms. The summed E-state index contributed by atoms with van der Waals surface area (Å²) in [5, 5.41) is 9.62. The fourth-order valence-corrected chi connectivity index (χ4v) is 2.46. The molecule has 1 aliphatic rings. The number of nitrogens with zero attached hydrogens (tertiary/aromatic N) is 1. The van der Waals surface area contributed by atoms with Gasteiger partial charge < -0.3 is 15.7 Å². The molecule has 0 aromatic heterocycles. The molecule has 0 saturated carbocycles. The van der Waals surface area contributed by atoms with Gasteiger partial charge in [0.05, 0.1) is 0 Å². The average Bonchev–Trinajstić information content (AvgIpc) is 2.70. The highest BCUT2D eigenvalue weighted by Crippen LogP contribution is 2.28. The largest absolute Gasteiger partial charge is 0.507 e. The van der Waals surface area contributed by atoms with Gasteiger partial charge in [0.25, 0.3) is 5.91 Å². The van der Waals surface area contributed by atoms with Gasteiger partial charge in [-0.05, 0) is 37.9 Å². The van der Waals surface area contributed by atoms with Gasteiger partial charge in [-0.25, -0.2) is 4.39 Å². The predicted molar refractivity (Wildman–Crippen MR) is 65.7 cm³/mol. The molecule has 5 heteroatoms. The van der Waals surface area contributed by atoms with Crippen LogP contribution in [0.1, 0.15) is 23.7 Å². The molecule has 1 fully saturated rings. The van der Waals surface area contributed by atoms with Crippen LogP contribution in [0.2, 0.25) is 0 Å². The first-order valence-corrected chi connectivity index (χ1v) is 6.03. The van der Waals surface area contributed by atoms with Crippen molar-refractivity contribution in [1.29, 1.82) is 0 Å². The van der Waals surface area contributed by atoms with Crippen LogP contribution >= 0.6 is 0 Å². The number of aromatic hydroxyl groups is 1. The monoisotopic (exact) mass is 252 g/mol. The Balaban J connectivity index is 2.27. The van der Waals surface area contributed by atoms with Crippen molar-refractivity contribution in [3.8, 4) is 5.75 Å². The molecule has 1 amide bonds. The lowest BCUT2D eigenvalue weighted by Gasteiger charge is -2.22. The van der Waals surface area contributed by atoms with E-state index in [1.807, 2.05) is 6.92 Å². The Morgan fingerprint density at radius 1 is 1.61 bits per heavy atom. The van der Waals surface area contributed by atoms with E-state index in [4.69, 9.17) is 5.73 Å². The summed E-state index contributed by atoms with van der Waals surface area (Å²) in [6.07, 6.45) is 0.817. The van der Waals surface area contributed by atoms with Crippen molar-refractivity contribution in [3.63, 3.8) is 0 Å². The molecule has 4 nitrogen and oxygen atoms in total. The molecule has 3 N–H and O–H groups in total. The molecule has 0 aliphatic carbocycles. The van der Waals surface area contributed by atoms with Gasteiger partial charge in [-0.15, -0.1) is 0 Å². The lowest BCUT2D eigenvalue weighted by Crippen LogP contribution is -2.35. The van der Waals surface area contributed by atoms with Crippen LogP contribution in [0.15, 0.2) is 18.2 Å². The van der Waals surface area contributed by atoms with Crippen molar-refractivity contribution in [2.24, 2.45) is 11.7 Å². The number of nitrogens with two attached hydrogens (primary N) is 1. The summed E-state index contributed by atoms with van der Waals surface area (Å²) >= 11 is 0. The zero-order valence-electron chi connectivity index (χ0n) is 10.3. The molecule has 0 bridgehead atoms. The van der Waals surface area contributed by atoms with Gasteiger partial charge in [0, 0.05) is 12.6 Å². The quantitative estimate of drug-likeness (QED) is 0.834. The summed E-state index contributed by atoms with van der Waals surface area (Å²) in [6, 6.07) is 3.88. The summed E-state index contributed by atoms with van der Waals surface area (Å²) < 4.78 is 13.6. The maximum Gasteiger partial charge on any atom is 0.260 e. The van der Waals surface area contributed by atoms with Crippen molar-refractivity contribution in [1.82, 2.24) is 4.90 Å². The number of phenols is 1. The minimum Gasteiger partial charge on any atom is -0.507 e. The number of carbonyl (C=O) groups excluding carboxylic acids is 1. The first-order chi connectivity index (χ1) is 8.54. The lowest BCUT2D eigenvalue weighted by atomic mass is 10.1. The minimum absolute atomic E-state index is 0.0186. The molecule has 2 atom stereocenters. The SMILES string of the molecule is CC1CC(CN)CN1C(=O)c1c(O)cccc1F. The van der Waals surface area contributed by atoms with Crippen LogP contribution in [0.25, 0.3) is 0 Å². The molecule has 1 aliphatic heterocycles. The van der Waals surface area contributed by atoms with Gasteiger partial charge in [0.2, 0.25) is 0 Å². The summed E-state index contributed by atoms with van der Waals surface area (Å²) in [4.78, 5) is 13.8. The van der Waals surface area contributed by atoms with Gasteiger partial charge in [-0.2, -0.15) is 0 Å². The Morgan fingerprint density at radius 2 is 2.33 bits per heavy atom. The number of phenolic OH excluding ortho intramolecular Hbond substituents is 1. The second kappa shape index (κ2) is 4.94. The van der Waals surface area contributed by atoms with Crippen molar-refractivity contribution >= 4 is 5.91 Å². The third-order valence-corrected chi connectivity index (χ3v) is 3.46. The van der Waals surface area contributed by atoms with E-state index < -0.39 is 11.7 Å². The van der Waals surface area contributed by atoms with E-state index in [1.54, 1.807) is 4.90 Å². The van der Waals surface area contributed by atoms with E-state index in [9.17, 15) is 14.3 Å². The van der Waals surface area contributed by atoms with Crippen LogP contribution in [-0.2, 0) is 0 Å². The van der Waals surface area contributed by atoms with Crippen LogP contribution in [-0.4, -0.2) is 35.0 Å². The van der Waals surface area contributed by atoms with Crippen LogP contribution in [0.5, 0.6) is 5.75 Å². The maximum atomic E-state index is 13.6. The van der Waals surface area contributed by atoms with Gasteiger partial charge in [0.15, 0.2) is 0 Å². The Kier molecular flexibility index (Phi) is 3.52. The van der Waals surface area contributed by atoms with Crippen LogP contribution < -0.4 is 5.73 Å². The van der Waals surface area contributed by atoms with Gasteiger partial charge in [-0.3, -0.25) is 4.79 Å². The molecular formula is C13H17FN2O2. The molecule has 1 aromatic carbocycles. The molecule has 1 heterocycles. The molecule has 0 radical (unpaired) electrons. The Morgan fingerprint density at radius 3 is 2.89 bits per heavy atom. The standard InChI is InChI=1S/C13H17FN2O2/c1-8-5-9(6-15)7-16(8)13(18)12-10(14)3-2-4-11(12)17/h2-4,8-9,17H,5-7,15H2,1H3. The average molecular weight is 252 g/mol. The molecule has 18 heavy (non-hydrogen) atoms. The number of rotatable bonds is 2. The number of amides is 1. The number of likely N-dealkylation sites (tertiary alicyclic amines) is 1. The zero-order chi connectivity index (χ0) is 13.3. The van der Waals surface area contributed by atoms with E-state index in [0.29, 0.717) is 13.1 Å². The third kappa shape index (κ3) is 2.18. The summed E-state index contributed by atoms with van der Waals surface area (Å²) in [5.74, 6) is -1.22.